The Kier molecular flexibility index (Phi) is 5.66. The number of halogens is 2. The number of hydrogen-bond donors (Lipinski definition) is 1. The number of nitrogens with zero attached hydrogens (tertiary/aromatic N) is 1. The van der Waals surface area contributed by atoms with Gasteiger partial charge in [0.15, 0.2) is 0 Å². The molecule has 20 heavy (non-hydrogen) atoms. The standard InChI is InChI=1S/C14H16Cl2N2OS/c1-3-17-6-10-4-11(15)5-13(16)14(10)19-8-12-7-18-9(2)20-12/h4-5,7,17H,3,6,8H2,1-2H3. The Balaban J connectivity index is 2.16. The number of aromatic nitrogens is 1. The molecule has 0 spiro atoms. The number of thiazole rings is 1. The molecule has 2 aromatic rings. The Labute approximate surface area is 132 Å². The molecule has 1 heterocycles. The minimum Gasteiger partial charge on any atom is -0.486 e. The van der Waals surface area contributed by atoms with Gasteiger partial charge < -0.3 is 10.1 Å². The first-order chi connectivity index (χ1) is 9.60. The first kappa shape index (κ1) is 15.6. The molecule has 0 saturated carbocycles. The highest BCUT2D eigenvalue weighted by Crippen LogP contribution is 2.33. The maximum absolute atomic E-state index is 6.24. The fraction of sp³-hybridized carbons (Fsp3) is 0.357. The first-order valence-electron chi connectivity index (χ1n) is 6.33. The Morgan fingerprint density at radius 2 is 2.15 bits per heavy atom. The zero-order chi connectivity index (χ0) is 14.5. The molecule has 108 valence electrons. The molecule has 0 amide bonds. The molecular formula is C14H16Cl2N2OS. The van der Waals surface area contributed by atoms with Crippen LogP contribution in [0.2, 0.25) is 10.0 Å². The molecular weight excluding hydrogens is 315 g/mol. The maximum atomic E-state index is 6.24. The van der Waals surface area contributed by atoms with Crippen LogP contribution in [0.5, 0.6) is 5.75 Å². The van der Waals surface area contributed by atoms with Gasteiger partial charge in [0.1, 0.15) is 12.4 Å². The molecule has 0 bridgehead atoms. The fourth-order valence-corrected chi connectivity index (χ4v) is 3.08. The van der Waals surface area contributed by atoms with Crippen molar-refractivity contribution in [3.05, 3.63) is 43.8 Å². The summed E-state index contributed by atoms with van der Waals surface area (Å²) < 4.78 is 5.86. The van der Waals surface area contributed by atoms with Crippen molar-refractivity contribution in [1.29, 1.82) is 0 Å². The second kappa shape index (κ2) is 7.27. The minimum atomic E-state index is 0.464. The summed E-state index contributed by atoms with van der Waals surface area (Å²) in [6, 6.07) is 3.58. The number of ether oxygens (including phenoxy) is 1. The molecule has 0 aliphatic carbocycles. The van der Waals surface area contributed by atoms with Crippen LogP contribution in [0.15, 0.2) is 18.3 Å². The van der Waals surface area contributed by atoms with Gasteiger partial charge in [-0.25, -0.2) is 4.98 Å². The van der Waals surface area contributed by atoms with Crippen LogP contribution in [-0.2, 0) is 13.2 Å². The summed E-state index contributed by atoms with van der Waals surface area (Å²) in [7, 11) is 0. The van der Waals surface area contributed by atoms with E-state index in [2.05, 4.69) is 10.3 Å². The maximum Gasteiger partial charge on any atom is 0.143 e. The summed E-state index contributed by atoms with van der Waals surface area (Å²) in [5, 5.41) is 5.43. The highest BCUT2D eigenvalue weighted by Gasteiger charge is 2.11. The molecule has 0 aliphatic heterocycles. The topological polar surface area (TPSA) is 34.1 Å². The molecule has 6 heteroatoms. The van der Waals surface area contributed by atoms with E-state index in [0.717, 1.165) is 22.0 Å². The van der Waals surface area contributed by atoms with Crippen LogP contribution in [0.1, 0.15) is 22.4 Å². The van der Waals surface area contributed by atoms with Crippen LogP contribution >= 0.6 is 34.5 Å². The zero-order valence-electron chi connectivity index (χ0n) is 11.4. The van der Waals surface area contributed by atoms with Crippen molar-refractivity contribution < 1.29 is 4.74 Å². The van der Waals surface area contributed by atoms with Crippen LogP contribution in [0.25, 0.3) is 0 Å². The predicted octanol–water partition coefficient (Wildman–Crippen LogP) is 4.45. The van der Waals surface area contributed by atoms with Crippen LogP contribution in [0.4, 0.5) is 0 Å². The molecule has 0 saturated heterocycles. The Bertz CT molecular complexity index is 587. The van der Waals surface area contributed by atoms with E-state index in [-0.39, 0.29) is 0 Å². The van der Waals surface area contributed by atoms with Gasteiger partial charge in [-0.15, -0.1) is 11.3 Å². The molecule has 0 radical (unpaired) electrons. The van der Waals surface area contributed by atoms with Gasteiger partial charge in [-0.2, -0.15) is 0 Å². The number of rotatable bonds is 6. The van der Waals surface area contributed by atoms with Gasteiger partial charge in [-0.3, -0.25) is 0 Å². The second-order valence-electron chi connectivity index (χ2n) is 4.29. The molecule has 0 atom stereocenters. The third-order valence-corrected chi connectivity index (χ3v) is 4.06. The van der Waals surface area contributed by atoms with Crippen LogP contribution < -0.4 is 10.1 Å². The molecule has 3 nitrogen and oxygen atoms in total. The summed E-state index contributed by atoms with van der Waals surface area (Å²) in [5.41, 5.74) is 0.964. The lowest BCUT2D eigenvalue weighted by atomic mass is 10.2. The van der Waals surface area contributed by atoms with Gasteiger partial charge in [0.05, 0.1) is 14.9 Å². The number of nitrogens with one attached hydrogen (secondary N) is 1. The van der Waals surface area contributed by atoms with Gasteiger partial charge >= 0.3 is 0 Å². The van der Waals surface area contributed by atoms with E-state index < -0.39 is 0 Å². The summed E-state index contributed by atoms with van der Waals surface area (Å²) in [6.07, 6.45) is 1.83. The van der Waals surface area contributed by atoms with Crippen molar-refractivity contribution in [3.8, 4) is 5.75 Å². The number of benzene rings is 1. The lowest BCUT2D eigenvalue weighted by Crippen LogP contribution is -2.13. The predicted molar refractivity (Wildman–Crippen MR) is 85.0 cm³/mol. The lowest BCUT2D eigenvalue weighted by molar-refractivity contribution is 0.305. The SMILES string of the molecule is CCNCc1cc(Cl)cc(Cl)c1OCc1cnc(C)s1. The Morgan fingerprint density at radius 3 is 2.80 bits per heavy atom. The van der Waals surface area contributed by atoms with Crippen LogP contribution in [0.3, 0.4) is 0 Å². The van der Waals surface area contributed by atoms with Gasteiger partial charge in [0, 0.05) is 23.3 Å². The Morgan fingerprint density at radius 1 is 1.35 bits per heavy atom. The third-order valence-electron chi connectivity index (χ3n) is 2.68. The number of hydrogen-bond acceptors (Lipinski definition) is 4. The van der Waals surface area contributed by atoms with E-state index in [1.807, 2.05) is 26.1 Å². The van der Waals surface area contributed by atoms with Crippen molar-refractivity contribution in [2.24, 2.45) is 0 Å². The van der Waals surface area contributed by atoms with Gasteiger partial charge in [-0.1, -0.05) is 30.1 Å². The van der Waals surface area contributed by atoms with Crippen molar-refractivity contribution in [2.75, 3.05) is 6.54 Å². The minimum absolute atomic E-state index is 0.464. The van der Waals surface area contributed by atoms with Crippen molar-refractivity contribution in [2.45, 2.75) is 27.0 Å². The largest absolute Gasteiger partial charge is 0.486 e. The van der Waals surface area contributed by atoms with Crippen LogP contribution in [0, 0.1) is 6.92 Å². The van der Waals surface area contributed by atoms with Crippen molar-refractivity contribution in [3.63, 3.8) is 0 Å². The van der Waals surface area contributed by atoms with Gasteiger partial charge in [0.25, 0.3) is 0 Å². The molecule has 0 aliphatic rings. The highest BCUT2D eigenvalue weighted by atomic mass is 35.5. The summed E-state index contributed by atoms with van der Waals surface area (Å²) in [5.74, 6) is 0.683. The second-order valence-corrected chi connectivity index (χ2v) is 6.45. The van der Waals surface area contributed by atoms with Crippen molar-refractivity contribution >= 4 is 34.5 Å². The summed E-state index contributed by atoms with van der Waals surface area (Å²) in [6.45, 7) is 6.03. The zero-order valence-corrected chi connectivity index (χ0v) is 13.7. The summed E-state index contributed by atoms with van der Waals surface area (Å²) >= 11 is 13.9. The normalized spacial score (nSPS) is 10.8. The average molecular weight is 331 g/mol. The Hall–Kier alpha value is -0.810. The van der Waals surface area contributed by atoms with E-state index in [0.29, 0.717) is 28.9 Å². The quantitative estimate of drug-likeness (QED) is 0.849. The smallest absolute Gasteiger partial charge is 0.143 e. The number of aryl methyl sites for hydroxylation is 1. The fourth-order valence-electron chi connectivity index (χ4n) is 1.78. The molecule has 1 aromatic carbocycles. The molecule has 0 unspecified atom stereocenters. The molecule has 0 fully saturated rings. The van der Waals surface area contributed by atoms with E-state index >= 15 is 0 Å². The molecule has 1 N–H and O–H groups in total. The van der Waals surface area contributed by atoms with Crippen LogP contribution in [-0.4, -0.2) is 11.5 Å². The monoisotopic (exact) mass is 330 g/mol. The molecule has 2 rings (SSSR count). The molecule has 1 aromatic heterocycles. The van der Waals surface area contributed by atoms with Crippen molar-refractivity contribution in [1.82, 2.24) is 10.3 Å². The first-order valence-corrected chi connectivity index (χ1v) is 7.90. The van der Waals surface area contributed by atoms with E-state index in [4.69, 9.17) is 27.9 Å². The third kappa shape index (κ3) is 4.09. The highest BCUT2D eigenvalue weighted by molar-refractivity contribution is 7.11. The summed E-state index contributed by atoms with van der Waals surface area (Å²) in [4.78, 5) is 5.28. The van der Waals surface area contributed by atoms with E-state index in [1.165, 1.54) is 0 Å². The average Bonchev–Trinajstić information content (AvgIpc) is 2.80. The van der Waals surface area contributed by atoms with Gasteiger partial charge in [0.2, 0.25) is 0 Å². The lowest BCUT2D eigenvalue weighted by Gasteiger charge is -2.13. The van der Waals surface area contributed by atoms with E-state index in [1.54, 1.807) is 17.4 Å². The van der Waals surface area contributed by atoms with E-state index in [9.17, 15) is 0 Å². The van der Waals surface area contributed by atoms with Gasteiger partial charge in [-0.05, 0) is 25.6 Å².